The van der Waals surface area contributed by atoms with Crippen molar-refractivity contribution in [2.75, 3.05) is 13.1 Å². The molecule has 1 fully saturated rings. The summed E-state index contributed by atoms with van der Waals surface area (Å²) in [7, 11) is 0. The summed E-state index contributed by atoms with van der Waals surface area (Å²) in [5.41, 5.74) is 2.61. The van der Waals surface area contributed by atoms with Crippen LogP contribution in [0.15, 0.2) is 59.5 Å². The molecule has 1 aliphatic heterocycles. The summed E-state index contributed by atoms with van der Waals surface area (Å²) in [6, 6.07) is 15.7. The smallest absolute Gasteiger partial charge is 0.259 e. The largest absolute Gasteiger partial charge is 0.360 e. The second kappa shape index (κ2) is 6.75. The van der Waals surface area contributed by atoms with Gasteiger partial charge in [-0.3, -0.25) is 9.59 Å². The van der Waals surface area contributed by atoms with Crippen molar-refractivity contribution >= 4 is 16.8 Å². The number of amides is 1. The first kappa shape index (κ1) is 16.5. The number of fused-ring (bicyclic) bond motifs is 1. The molecule has 0 radical (unpaired) electrons. The highest BCUT2D eigenvalue weighted by molar-refractivity contribution is 5.97. The van der Waals surface area contributed by atoms with Crippen LogP contribution in [0.4, 0.5) is 4.39 Å². The predicted molar refractivity (Wildman–Crippen MR) is 99.2 cm³/mol. The Hall–Kier alpha value is -2.95. The van der Waals surface area contributed by atoms with E-state index in [9.17, 15) is 14.0 Å². The van der Waals surface area contributed by atoms with Crippen LogP contribution in [-0.2, 0) is 6.42 Å². The highest BCUT2D eigenvalue weighted by Gasteiger charge is 2.28. The molecule has 4 rings (SSSR count). The van der Waals surface area contributed by atoms with Gasteiger partial charge in [-0.1, -0.05) is 36.4 Å². The van der Waals surface area contributed by atoms with Crippen LogP contribution in [0, 0.1) is 0 Å². The molecule has 1 saturated heterocycles. The van der Waals surface area contributed by atoms with E-state index in [-0.39, 0.29) is 17.5 Å². The molecule has 0 bridgehead atoms. The third kappa shape index (κ3) is 3.12. The lowest BCUT2D eigenvalue weighted by Crippen LogP contribution is -2.32. The Kier molecular flexibility index (Phi) is 4.29. The average molecular weight is 350 g/mol. The summed E-state index contributed by atoms with van der Waals surface area (Å²) in [5, 5.41) is 0.486. The molecule has 1 atom stereocenters. The molecule has 1 aliphatic rings. The van der Waals surface area contributed by atoms with Gasteiger partial charge in [0.25, 0.3) is 5.91 Å². The van der Waals surface area contributed by atoms with Gasteiger partial charge in [-0.2, -0.15) is 0 Å². The van der Waals surface area contributed by atoms with Crippen molar-refractivity contribution in [1.82, 2.24) is 9.88 Å². The minimum Gasteiger partial charge on any atom is -0.360 e. The second-order valence-electron chi connectivity index (χ2n) is 6.71. The molecule has 0 aliphatic carbocycles. The molecular weight excluding hydrogens is 331 g/mol. The number of hydrogen-bond acceptors (Lipinski definition) is 2. The van der Waals surface area contributed by atoms with E-state index in [1.165, 1.54) is 11.1 Å². The summed E-state index contributed by atoms with van der Waals surface area (Å²) < 4.78 is 13.4. The molecule has 1 N–H and O–H groups in total. The minimum absolute atomic E-state index is 0.0599. The molecule has 2 aromatic carbocycles. The average Bonchev–Trinajstić information content (AvgIpc) is 3.09. The maximum Gasteiger partial charge on any atom is 0.259 e. The van der Waals surface area contributed by atoms with Crippen molar-refractivity contribution < 1.29 is 9.18 Å². The van der Waals surface area contributed by atoms with Crippen LogP contribution in [-0.4, -0.2) is 35.1 Å². The van der Waals surface area contributed by atoms with Crippen LogP contribution in [0.3, 0.4) is 0 Å². The van der Waals surface area contributed by atoms with E-state index in [4.69, 9.17) is 0 Å². The van der Waals surface area contributed by atoms with Crippen molar-refractivity contribution in [2.45, 2.75) is 19.0 Å². The monoisotopic (exact) mass is 350 g/mol. The Balaban J connectivity index is 1.69. The van der Waals surface area contributed by atoms with Crippen molar-refractivity contribution in [1.29, 1.82) is 0 Å². The SMILES string of the molecule is O=C(c1c[nH]c2ccc(Cc3ccccc3)cc2c1=O)N1CC[C@H](F)C1. The summed E-state index contributed by atoms with van der Waals surface area (Å²) in [6.07, 6.45) is 1.48. The number of benzene rings is 2. The van der Waals surface area contributed by atoms with Gasteiger partial charge in [0.15, 0.2) is 0 Å². The van der Waals surface area contributed by atoms with Crippen molar-refractivity contribution in [3.63, 3.8) is 0 Å². The van der Waals surface area contributed by atoms with E-state index in [0.29, 0.717) is 30.3 Å². The maximum absolute atomic E-state index is 13.4. The lowest BCUT2D eigenvalue weighted by atomic mass is 10.0. The van der Waals surface area contributed by atoms with Gasteiger partial charge in [0.2, 0.25) is 5.43 Å². The molecule has 2 heterocycles. The van der Waals surface area contributed by atoms with Crippen LogP contribution in [0.25, 0.3) is 10.9 Å². The number of H-pyrrole nitrogens is 1. The number of nitrogens with one attached hydrogen (secondary N) is 1. The van der Waals surface area contributed by atoms with Crippen molar-refractivity contribution in [2.24, 2.45) is 0 Å². The molecule has 4 nitrogen and oxygen atoms in total. The zero-order valence-electron chi connectivity index (χ0n) is 14.2. The molecular formula is C21H19FN2O2. The van der Waals surface area contributed by atoms with Gasteiger partial charge in [0, 0.05) is 23.6 Å². The maximum atomic E-state index is 13.4. The van der Waals surface area contributed by atoms with Crippen LogP contribution >= 0.6 is 0 Å². The molecule has 3 aromatic rings. The van der Waals surface area contributed by atoms with Gasteiger partial charge in [0.1, 0.15) is 11.7 Å². The number of aromatic amines is 1. The number of carbonyl (C=O) groups excluding carboxylic acids is 1. The van der Waals surface area contributed by atoms with Crippen LogP contribution in [0.5, 0.6) is 0 Å². The van der Waals surface area contributed by atoms with E-state index >= 15 is 0 Å². The number of alkyl halides is 1. The zero-order chi connectivity index (χ0) is 18.1. The fourth-order valence-electron chi connectivity index (χ4n) is 3.44. The Bertz CT molecular complexity index is 1010. The van der Waals surface area contributed by atoms with Gasteiger partial charge in [0.05, 0.1) is 6.54 Å². The number of nitrogens with zero attached hydrogens (tertiary/aromatic N) is 1. The van der Waals surface area contributed by atoms with Gasteiger partial charge < -0.3 is 9.88 Å². The molecule has 1 amide bonds. The summed E-state index contributed by atoms with van der Waals surface area (Å²) >= 11 is 0. The van der Waals surface area contributed by atoms with Gasteiger partial charge in [-0.15, -0.1) is 0 Å². The summed E-state index contributed by atoms with van der Waals surface area (Å²) in [5.74, 6) is -0.401. The lowest BCUT2D eigenvalue weighted by molar-refractivity contribution is 0.0781. The van der Waals surface area contributed by atoms with E-state index in [1.54, 1.807) is 0 Å². The topological polar surface area (TPSA) is 53.2 Å². The fraction of sp³-hybridized carbons (Fsp3) is 0.238. The molecule has 26 heavy (non-hydrogen) atoms. The highest BCUT2D eigenvalue weighted by atomic mass is 19.1. The second-order valence-corrected chi connectivity index (χ2v) is 6.71. The molecule has 1 aromatic heterocycles. The first-order chi connectivity index (χ1) is 12.6. The van der Waals surface area contributed by atoms with Crippen LogP contribution < -0.4 is 5.43 Å². The Labute approximate surface area is 150 Å². The van der Waals surface area contributed by atoms with Gasteiger partial charge in [-0.05, 0) is 36.1 Å². The standard InChI is InChI=1S/C21H19FN2O2/c22-16-8-9-24(13-16)21(26)18-12-23-19-7-6-15(11-17(19)20(18)25)10-14-4-2-1-3-5-14/h1-7,11-12,16H,8-10,13H2,(H,23,25)/t16-/m0/s1. The Morgan fingerprint density at radius 1 is 1.15 bits per heavy atom. The van der Waals surface area contributed by atoms with Crippen LogP contribution in [0.2, 0.25) is 0 Å². The van der Waals surface area contributed by atoms with E-state index in [1.807, 2.05) is 48.5 Å². The number of aromatic nitrogens is 1. The minimum atomic E-state index is -1.00. The lowest BCUT2D eigenvalue weighted by Gasteiger charge is -2.15. The quantitative estimate of drug-likeness (QED) is 0.788. The Morgan fingerprint density at radius 2 is 1.96 bits per heavy atom. The first-order valence-corrected chi connectivity index (χ1v) is 8.73. The summed E-state index contributed by atoms with van der Waals surface area (Å²) in [6.45, 7) is 0.413. The number of carbonyl (C=O) groups is 1. The number of halogens is 1. The normalized spacial score (nSPS) is 17.0. The van der Waals surface area contributed by atoms with E-state index < -0.39 is 12.1 Å². The van der Waals surface area contributed by atoms with E-state index in [2.05, 4.69) is 4.98 Å². The molecule has 132 valence electrons. The molecule has 5 heteroatoms. The number of pyridine rings is 1. The van der Waals surface area contributed by atoms with E-state index in [0.717, 1.165) is 11.1 Å². The van der Waals surface area contributed by atoms with Gasteiger partial charge >= 0.3 is 0 Å². The van der Waals surface area contributed by atoms with Gasteiger partial charge in [-0.25, -0.2) is 4.39 Å². The molecule has 0 spiro atoms. The first-order valence-electron chi connectivity index (χ1n) is 8.73. The Morgan fingerprint density at radius 3 is 2.69 bits per heavy atom. The van der Waals surface area contributed by atoms with Crippen LogP contribution in [0.1, 0.15) is 27.9 Å². The molecule has 0 unspecified atom stereocenters. The zero-order valence-corrected chi connectivity index (χ0v) is 14.2. The summed E-state index contributed by atoms with van der Waals surface area (Å²) in [4.78, 5) is 29.9. The number of likely N-dealkylation sites (tertiary alicyclic amines) is 1. The number of rotatable bonds is 3. The third-order valence-corrected chi connectivity index (χ3v) is 4.84. The van der Waals surface area contributed by atoms with Crippen molar-refractivity contribution in [3.8, 4) is 0 Å². The number of hydrogen-bond donors (Lipinski definition) is 1. The third-order valence-electron chi connectivity index (χ3n) is 4.84. The fourth-order valence-corrected chi connectivity index (χ4v) is 3.44. The predicted octanol–water partition coefficient (Wildman–Crippen LogP) is 3.30. The van der Waals surface area contributed by atoms with Crippen molar-refractivity contribution in [3.05, 3.63) is 81.6 Å². The highest BCUT2D eigenvalue weighted by Crippen LogP contribution is 2.18. The molecule has 0 saturated carbocycles.